The zero-order chi connectivity index (χ0) is 20.8. The molecule has 150 valence electrons. The molecule has 0 fully saturated rings. The molecule has 1 atom stereocenters. The Morgan fingerprint density at radius 3 is 2.34 bits per heavy atom. The Bertz CT molecular complexity index is 937. The first kappa shape index (κ1) is 19.9. The van der Waals surface area contributed by atoms with Crippen molar-refractivity contribution in [3.8, 4) is 5.75 Å². The predicted molar refractivity (Wildman–Crippen MR) is 103 cm³/mol. The minimum Gasteiger partial charge on any atom is -0.508 e. The van der Waals surface area contributed by atoms with Crippen LogP contribution in [-0.2, 0) is 14.3 Å². The Morgan fingerprint density at radius 1 is 1.00 bits per heavy atom. The number of carbonyl (C=O) groups is 3. The molecule has 8 nitrogen and oxygen atoms in total. The normalized spacial score (nSPS) is 15.9. The van der Waals surface area contributed by atoms with Gasteiger partial charge in [0.25, 0.3) is 0 Å². The molecule has 0 aliphatic carbocycles. The van der Waals surface area contributed by atoms with E-state index in [0.717, 1.165) is 0 Å². The first-order valence-electron chi connectivity index (χ1n) is 8.98. The molecule has 1 heterocycles. The van der Waals surface area contributed by atoms with E-state index in [1.165, 1.54) is 24.3 Å². The van der Waals surface area contributed by atoms with Crippen LogP contribution in [0.25, 0.3) is 0 Å². The van der Waals surface area contributed by atoms with Gasteiger partial charge in [0.1, 0.15) is 12.4 Å². The van der Waals surface area contributed by atoms with Crippen LogP contribution in [0.2, 0.25) is 0 Å². The number of aromatic hydroxyl groups is 1. The summed E-state index contributed by atoms with van der Waals surface area (Å²) in [6, 6.07) is 13.2. The minimum absolute atomic E-state index is 0.0187. The number of rotatable bonds is 6. The lowest BCUT2D eigenvalue weighted by atomic mass is 9.95. The van der Waals surface area contributed by atoms with Crippen LogP contribution in [0.1, 0.15) is 28.9 Å². The third-order valence-corrected chi connectivity index (χ3v) is 4.23. The van der Waals surface area contributed by atoms with E-state index >= 15 is 0 Å². The van der Waals surface area contributed by atoms with Gasteiger partial charge >= 0.3 is 18.0 Å². The summed E-state index contributed by atoms with van der Waals surface area (Å²) in [6.07, 6.45) is 0. The molecular formula is C21H20N2O6. The number of phenols is 1. The van der Waals surface area contributed by atoms with Crippen LogP contribution < -0.4 is 10.6 Å². The third-order valence-electron chi connectivity index (χ3n) is 4.23. The molecule has 0 radical (unpaired) electrons. The van der Waals surface area contributed by atoms with E-state index in [9.17, 15) is 19.5 Å². The van der Waals surface area contributed by atoms with Crippen molar-refractivity contribution in [1.29, 1.82) is 0 Å². The van der Waals surface area contributed by atoms with E-state index in [1.807, 2.05) is 6.07 Å². The van der Waals surface area contributed by atoms with Crippen molar-refractivity contribution in [3.05, 3.63) is 77.0 Å². The van der Waals surface area contributed by atoms with Crippen molar-refractivity contribution in [1.82, 2.24) is 10.6 Å². The maximum absolute atomic E-state index is 12.6. The molecule has 1 aliphatic heterocycles. The molecule has 0 bridgehead atoms. The molecule has 29 heavy (non-hydrogen) atoms. The smallest absolute Gasteiger partial charge is 0.338 e. The summed E-state index contributed by atoms with van der Waals surface area (Å²) in [7, 11) is 0. The van der Waals surface area contributed by atoms with E-state index in [4.69, 9.17) is 9.47 Å². The van der Waals surface area contributed by atoms with Gasteiger partial charge in [-0.3, -0.25) is 0 Å². The Balaban J connectivity index is 1.89. The fourth-order valence-electron chi connectivity index (χ4n) is 2.90. The summed E-state index contributed by atoms with van der Waals surface area (Å²) >= 11 is 0. The Morgan fingerprint density at radius 2 is 1.69 bits per heavy atom. The quantitative estimate of drug-likeness (QED) is 0.646. The van der Waals surface area contributed by atoms with Crippen molar-refractivity contribution in [2.45, 2.75) is 13.0 Å². The molecule has 2 amide bonds. The molecule has 1 aliphatic rings. The van der Waals surface area contributed by atoms with E-state index in [1.54, 1.807) is 31.2 Å². The molecule has 0 aromatic heterocycles. The highest BCUT2D eigenvalue weighted by atomic mass is 16.5. The zero-order valence-electron chi connectivity index (χ0n) is 15.7. The molecule has 2 aromatic carbocycles. The number of hydrogen-bond donors (Lipinski definition) is 3. The molecule has 0 spiro atoms. The summed E-state index contributed by atoms with van der Waals surface area (Å²) in [4.78, 5) is 37.0. The van der Waals surface area contributed by atoms with Crippen LogP contribution in [0.4, 0.5) is 4.79 Å². The van der Waals surface area contributed by atoms with Gasteiger partial charge in [0.2, 0.25) is 0 Å². The second-order valence-corrected chi connectivity index (χ2v) is 6.18. The maximum Gasteiger partial charge on any atom is 0.338 e. The molecule has 2 aromatic rings. The summed E-state index contributed by atoms with van der Waals surface area (Å²) in [5, 5.41) is 14.6. The summed E-state index contributed by atoms with van der Waals surface area (Å²) in [5.74, 6) is -1.26. The molecular weight excluding hydrogens is 376 g/mol. The molecule has 3 N–H and O–H groups in total. The summed E-state index contributed by atoms with van der Waals surface area (Å²) in [5.41, 5.74) is 1.22. The number of hydrogen-bond acceptors (Lipinski definition) is 6. The van der Waals surface area contributed by atoms with Gasteiger partial charge in [0.15, 0.2) is 0 Å². The van der Waals surface area contributed by atoms with Gasteiger partial charge in [-0.2, -0.15) is 0 Å². The zero-order valence-corrected chi connectivity index (χ0v) is 15.7. The van der Waals surface area contributed by atoms with Gasteiger partial charge in [0, 0.05) is 0 Å². The van der Waals surface area contributed by atoms with Gasteiger partial charge in [0.05, 0.1) is 29.5 Å². The second-order valence-electron chi connectivity index (χ2n) is 6.18. The molecule has 3 rings (SSSR count). The van der Waals surface area contributed by atoms with Crippen LogP contribution in [0.15, 0.2) is 65.9 Å². The van der Waals surface area contributed by atoms with Gasteiger partial charge in [-0.1, -0.05) is 30.3 Å². The Labute approximate surface area is 167 Å². The van der Waals surface area contributed by atoms with Crippen molar-refractivity contribution >= 4 is 18.0 Å². The fourth-order valence-corrected chi connectivity index (χ4v) is 2.90. The molecule has 0 unspecified atom stereocenters. The number of phenolic OH excluding ortho intramolecular Hbond substituents is 1. The first-order chi connectivity index (χ1) is 14.0. The molecule has 8 heteroatoms. The highest BCUT2D eigenvalue weighted by Crippen LogP contribution is 2.28. The average molecular weight is 396 g/mol. The van der Waals surface area contributed by atoms with Crippen molar-refractivity contribution in [3.63, 3.8) is 0 Å². The number of urea groups is 1. The lowest BCUT2D eigenvalue weighted by Gasteiger charge is -2.29. The van der Waals surface area contributed by atoms with E-state index < -0.39 is 24.0 Å². The third kappa shape index (κ3) is 4.73. The van der Waals surface area contributed by atoms with E-state index in [2.05, 4.69) is 10.6 Å². The highest BCUT2D eigenvalue weighted by molar-refractivity contribution is 5.95. The summed E-state index contributed by atoms with van der Waals surface area (Å²) in [6.45, 7) is 1.50. The lowest BCUT2D eigenvalue weighted by molar-refractivity contribution is -0.139. The van der Waals surface area contributed by atoms with Crippen LogP contribution in [0.5, 0.6) is 5.75 Å². The Kier molecular flexibility index (Phi) is 6.13. The number of ether oxygens (including phenoxy) is 2. The van der Waals surface area contributed by atoms with Gasteiger partial charge in [-0.25, -0.2) is 14.4 Å². The first-order valence-corrected chi connectivity index (χ1v) is 8.98. The summed E-state index contributed by atoms with van der Waals surface area (Å²) < 4.78 is 10.4. The SMILES string of the molecule is CCOC(=O)C1=C(COC(=O)c2ccc(O)cc2)NC(=O)N[C@@H]1c1ccccc1. The number of amides is 2. The lowest BCUT2D eigenvalue weighted by Crippen LogP contribution is -2.47. The number of carbonyl (C=O) groups excluding carboxylic acids is 3. The monoisotopic (exact) mass is 396 g/mol. The fraction of sp³-hybridized carbons (Fsp3) is 0.190. The number of benzene rings is 2. The minimum atomic E-state index is -0.744. The predicted octanol–water partition coefficient (Wildman–Crippen LogP) is 2.42. The van der Waals surface area contributed by atoms with Crippen molar-refractivity contribution in [2.24, 2.45) is 0 Å². The van der Waals surface area contributed by atoms with Crippen molar-refractivity contribution in [2.75, 3.05) is 13.2 Å². The van der Waals surface area contributed by atoms with E-state index in [-0.39, 0.29) is 35.8 Å². The molecule has 0 saturated carbocycles. The largest absolute Gasteiger partial charge is 0.508 e. The second kappa shape index (κ2) is 8.92. The Hall–Kier alpha value is -3.81. The van der Waals surface area contributed by atoms with Gasteiger partial charge in [-0.05, 0) is 36.8 Å². The van der Waals surface area contributed by atoms with E-state index in [0.29, 0.717) is 5.56 Å². The van der Waals surface area contributed by atoms with Crippen LogP contribution >= 0.6 is 0 Å². The van der Waals surface area contributed by atoms with Gasteiger partial charge < -0.3 is 25.2 Å². The number of nitrogens with one attached hydrogen (secondary N) is 2. The highest BCUT2D eigenvalue weighted by Gasteiger charge is 2.34. The maximum atomic E-state index is 12.6. The molecule has 0 saturated heterocycles. The topological polar surface area (TPSA) is 114 Å². The standard InChI is InChI=1S/C21H20N2O6/c1-2-28-20(26)17-16(12-29-19(25)14-8-10-15(24)11-9-14)22-21(27)23-18(17)13-6-4-3-5-7-13/h3-11,18,24H,2,12H2,1H3,(H2,22,23,27)/t18-/m1/s1. The van der Waals surface area contributed by atoms with Crippen LogP contribution in [-0.4, -0.2) is 36.3 Å². The average Bonchev–Trinajstić information content (AvgIpc) is 2.72. The van der Waals surface area contributed by atoms with Crippen molar-refractivity contribution < 1.29 is 29.0 Å². The van der Waals surface area contributed by atoms with Crippen LogP contribution in [0.3, 0.4) is 0 Å². The number of esters is 2. The van der Waals surface area contributed by atoms with Gasteiger partial charge in [-0.15, -0.1) is 0 Å². The van der Waals surface area contributed by atoms with Crippen LogP contribution in [0, 0.1) is 0 Å².